The largest absolute Gasteiger partial charge is 0.454 e. The van der Waals surface area contributed by atoms with E-state index < -0.39 is 0 Å². The van der Waals surface area contributed by atoms with E-state index in [1.165, 1.54) is 0 Å². The zero-order valence-electron chi connectivity index (χ0n) is 45.5. The van der Waals surface area contributed by atoms with Crippen molar-refractivity contribution in [3.8, 4) is 57.1 Å². The van der Waals surface area contributed by atoms with Crippen LogP contribution in [0.5, 0.6) is 0 Å². The summed E-state index contributed by atoms with van der Waals surface area (Å²) in [6.07, 6.45) is 0. The molecule has 5 aromatic heterocycles. The molecular weight excluding hydrogens is 1040 g/mol. The number of rotatable bonds is 6. The van der Waals surface area contributed by atoms with E-state index in [4.69, 9.17) is 4.42 Å². The molecule has 392 valence electrons. The van der Waals surface area contributed by atoms with Crippen LogP contribution in [-0.4, -0.2) is 18.3 Å². The van der Waals surface area contributed by atoms with Crippen LogP contribution in [0, 0.1) is 22.7 Å². The second-order valence-corrected chi connectivity index (χ2v) is 22.1. The highest BCUT2D eigenvalue weighted by atomic mass is 16.3. The number of nitriles is 2. The number of furan rings is 1. The highest BCUT2D eigenvalue weighted by molar-refractivity contribution is 6.23. The number of aromatic nitrogens is 4. The first-order valence-corrected chi connectivity index (χ1v) is 28.6. The van der Waals surface area contributed by atoms with Crippen LogP contribution >= 0.6 is 0 Å². The Kier molecular flexibility index (Phi) is 9.80. The third-order valence-corrected chi connectivity index (χ3v) is 17.8. The summed E-state index contributed by atoms with van der Waals surface area (Å²) in [6, 6.07) is 99.6. The molecule has 18 rings (SSSR count). The molecule has 18 aromatic rings. The first kappa shape index (κ1) is 46.8. The zero-order chi connectivity index (χ0) is 56.0. The van der Waals surface area contributed by atoms with Crippen LogP contribution in [-0.2, 0) is 0 Å². The molecule has 0 fully saturated rings. The fourth-order valence-electron chi connectivity index (χ4n) is 14.4. The maximum Gasteiger partial charge on any atom is 0.160 e. The summed E-state index contributed by atoms with van der Waals surface area (Å²) >= 11 is 0. The first-order valence-electron chi connectivity index (χ1n) is 28.6. The normalized spacial score (nSPS) is 12.0. The fourth-order valence-corrected chi connectivity index (χ4v) is 14.4. The molecule has 0 aliphatic heterocycles. The molecule has 0 N–H and O–H groups in total. The van der Waals surface area contributed by atoms with Gasteiger partial charge in [0.2, 0.25) is 0 Å². The second kappa shape index (κ2) is 17.8. The monoisotopic (exact) mass is 1080 g/mol. The highest BCUT2D eigenvalue weighted by Crippen LogP contribution is 2.51. The van der Waals surface area contributed by atoms with Gasteiger partial charge in [-0.25, -0.2) is 0 Å². The van der Waals surface area contributed by atoms with E-state index >= 15 is 0 Å². The number of hydrogen-bond donors (Lipinski definition) is 0. The standard InChI is InChI=1S/C78H44N6O/c79-45-62-73(81-64-31-13-6-24-52(64)53-25-7-14-32-65(53)81)74(82-66-33-15-8-26-54(66)55-27-9-16-34-67(55)82)63(46-80)76(75(62)83-68-35-17-10-28-56(68)57-29-11-18-36-69(57)83)84-70-44-49(72-50-23-5-4-22-48(50)38-40-51(72)47-20-2-1-3-21-47)39-41-58(70)60-42-43-61-59-30-12-19-37-71(59)85-78(61)77(60)84/h1-44H. The van der Waals surface area contributed by atoms with Crippen molar-refractivity contribution in [2.75, 3.05) is 0 Å². The molecule has 0 aliphatic rings. The van der Waals surface area contributed by atoms with Gasteiger partial charge >= 0.3 is 0 Å². The summed E-state index contributed by atoms with van der Waals surface area (Å²) in [5, 5.41) is 38.2. The van der Waals surface area contributed by atoms with Crippen LogP contribution in [0.1, 0.15) is 11.1 Å². The molecule has 0 amide bonds. The lowest BCUT2D eigenvalue weighted by atomic mass is 9.89. The molecule has 7 nitrogen and oxygen atoms in total. The SMILES string of the molecule is N#Cc1c(-n2c3ccccc3c3ccccc32)c(-n2c3ccccc3c3ccccc32)c(C#N)c(-n2c3cc(-c4c(-c5ccccc5)ccc5ccccc45)ccc3c3ccc4c5ccccc5oc4c32)c1-n1c2ccccc2c2ccccc21. The van der Waals surface area contributed by atoms with E-state index in [1.807, 2.05) is 12.1 Å². The van der Waals surface area contributed by atoms with Crippen LogP contribution in [0.3, 0.4) is 0 Å². The van der Waals surface area contributed by atoms with Crippen LogP contribution in [0.15, 0.2) is 271 Å². The predicted molar refractivity (Wildman–Crippen MR) is 349 cm³/mol. The zero-order valence-corrected chi connectivity index (χ0v) is 45.5. The van der Waals surface area contributed by atoms with Crippen molar-refractivity contribution in [2.24, 2.45) is 0 Å². The lowest BCUT2D eigenvalue weighted by Gasteiger charge is -2.27. The molecule has 0 aliphatic carbocycles. The van der Waals surface area contributed by atoms with E-state index in [9.17, 15) is 10.5 Å². The Morgan fingerprint density at radius 2 is 0.671 bits per heavy atom. The summed E-state index contributed by atoms with van der Waals surface area (Å²) < 4.78 is 16.3. The summed E-state index contributed by atoms with van der Waals surface area (Å²) in [4.78, 5) is 0. The van der Waals surface area contributed by atoms with Crippen LogP contribution < -0.4 is 0 Å². The van der Waals surface area contributed by atoms with Crippen molar-refractivity contribution in [3.63, 3.8) is 0 Å². The van der Waals surface area contributed by atoms with Crippen molar-refractivity contribution in [3.05, 3.63) is 278 Å². The molecule has 7 heteroatoms. The van der Waals surface area contributed by atoms with Crippen molar-refractivity contribution < 1.29 is 4.42 Å². The Morgan fingerprint density at radius 3 is 1.16 bits per heavy atom. The second-order valence-electron chi connectivity index (χ2n) is 22.1. The minimum absolute atomic E-state index is 0.367. The van der Waals surface area contributed by atoms with Crippen molar-refractivity contribution in [2.45, 2.75) is 0 Å². The molecule has 0 bridgehead atoms. The third kappa shape index (κ3) is 6.41. The van der Waals surface area contributed by atoms with E-state index in [2.05, 4.69) is 285 Å². The quantitative estimate of drug-likeness (QED) is 0.166. The highest BCUT2D eigenvalue weighted by Gasteiger charge is 2.35. The first-order chi connectivity index (χ1) is 42.2. The lowest BCUT2D eigenvalue weighted by molar-refractivity contribution is 0.671. The van der Waals surface area contributed by atoms with Gasteiger partial charge in [-0.15, -0.1) is 0 Å². The molecular formula is C78H44N6O. The molecule has 0 atom stereocenters. The van der Waals surface area contributed by atoms with Gasteiger partial charge in [-0.2, -0.15) is 10.5 Å². The third-order valence-electron chi connectivity index (χ3n) is 17.8. The number of hydrogen-bond acceptors (Lipinski definition) is 3. The van der Waals surface area contributed by atoms with Gasteiger partial charge in [-0.3, -0.25) is 0 Å². The van der Waals surface area contributed by atoms with Gasteiger partial charge in [0, 0.05) is 53.9 Å². The van der Waals surface area contributed by atoms with E-state index in [0.29, 0.717) is 39.5 Å². The smallest absolute Gasteiger partial charge is 0.160 e. The van der Waals surface area contributed by atoms with Gasteiger partial charge in [0.1, 0.15) is 28.8 Å². The molecule has 0 saturated heterocycles. The summed E-state index contributed by atoms with van der Waals surface area (Å²) in [5.41, 5.74) is 15.7. The number of benzene rings is 13. The molecule has 85 heavy (non-hydrogen) atoms. The topological polar surface area (TPSA) is 80.4 Å². The van der Waals surface area contributed by atoms with Gasteiger partial charge in [-0.05, 0) is 87.6 Å². The Balaban J connectivity index is 1.14. The average Bonchev–Trinajstić information content (AvgIpc) is 1.98. The maximum absolute atomic E-state index is 13.1. The predicted octanol–water partition coefficient (Wildman–Crippen LogP) is 20.2. The van der Waals surface area contributed by atoms with E-state index in [-0.39, 0.29) is 0 Å². The van der Waals surface area contributed by atoms with Crippen molar-refractivity contribution >= 4 is 120 Å². The summed E-state index contributed by atoms with van der Waals surface area (Å²) in [6.45, 7) is 0. The van der Waals surface area contributed by atoms with Gasteiger partial charge in [-0.1, -0.05) is 212 Å². The molecule has 0 radical (unpaired) electrons. The molecule has 0 spiro atoms. The molecule has 0 unspecified atom stereocenters. The van der Waals surface area contributed by atoms with E-state index in [0.717, 1.165) is 137 Å². The van der Waals surface area contributed by atoms with Gasteiger partial charge < -0.3 is 22.7 Å². The molecule has 5 heterocycles. The maximum atomic E-state index is 13.1. The number of para-hydroxylation sites is 7. The van der Waals surface area contributed by atoms with Crippen molar-refractivity contribution in [1.82, 2.24) is 18.3 Å². The van der Waals surface area contributed by atoms with Crippen molar-refractivity contribution in [1.29, 1.82) is 10.5 Å². The Morgan fingerprint density at radius 1 is 0.282 bits per heavy atom. The average molecular weight is 1080 g/mol. The Labute approximate surface area is 485 Å². The van der Waals surface area contributed by atoms with Gasteiger partial charge in [0.15, 0.2) is 5.58 Å². The van der Waals surface area contributed by atoms with Gasteiger partial charge in [0.25, 0.3) is 0 Å². The number of nitrogens with zero attached hydrogens (tertiary/aromatic N) is 6. The van der Waals surface area contributed by atoms with Crippen LogP contribution in [0.25, 0.3) is 165 Å². The van der Waals surface area contributed by atoms with Crippen LogP contribution in [0.4, 0.5) is 0 Å². The lowest BCUT2D eigenvalue weighted by Crippen LogP contribution is -2.16. The number of fused-ring (bicyclic) bond motifs is 17. The Hall–Kier alpha value is -11.9. The summed E-state index contributed by atoms with van der Waals surface area (Å²) in [7, 11) is 0. The van der Waals surface area contributed by atoms with Gasteiger partial charge in [0.05, 0.1) is 66.9 Å². The van der Waals surface area contributed by atoms with Crippen LogP contribution in [0.2, 0.25) is 0 Å². The minimum Gasteiger partial charge on any atom is -0.454 e. The summed E-state index contributed by atoms with van der Waals surface area (Å²) in [5.74, 6) is 0. The minimum atomic E-state index is 0.367. The fraction of sp³-hybridized carbons (Fsp3) is 0. The molecule has 13 aromatic carbocycles. The Bertz CT molecular complexity index is 5850. The van der Waals surface area contributed by atoms with E-state index in [1.54, 1.807) is 0 Å². The molecule has 0 saturated carbocycles.